The van der Waals surface area contributed by atoms with Gasteiger partial charge in [0.2, 0.25) is 6.79 Å². The highest BCUT2D eigenvalue weighted by molar-refractivity contribution is 5.99. The zero-order valence-electron chi connectivity index (χ0n) is 14.5. The van der Waals surface area contributed by atoms with Crippen LogP contribution in [0.4, 0.5) is 0 Å². The summed E-state index contributed by atoms with van der Waals surface area (Å²) in [6.07, 6.45) is 6.32. The number of phenols is 1. The summed E-state index contributed by atoms with van der Waals surface area (Å²) in [5.74, 6) is 1.63. The minimum absolute atomic E-state index is 0.00473. The lowest BCUT2D eigenvalue weighted by molar-refractivity contribution is -0.124. The topological polar surface area (TPSA) is 65.0 Å². The molecule has 0 spiro atoms. The number of carbonyl (C=O) groups excluding carboxylic acids is 1. The van der Waals surface area contributed by atoms with Gasteiger partial charge in [-0.1, -0.05) is 19.1 Å². The molecule has 1 saturated heterocycles. The van der Waals surface area contributed by atoms with Gasteiger partial charge < -0.3 is 19.3 Å². The van der Waals surface area contributed by atoms with Crippen molar-refractivity contribution >= 4 is 5.78 Å². The second-order valence-corrected chi connectivity index (χ2v) is 6.43. The molecule has 1 aliphatic carbocycles. The third kappa shape index (κ3) is 3.02. The van der Waals surface area contributed by atoms with Gasteiger partial charge in [0.15, 0.2) is 28.8 Å². The van der Waals surface area contributed by atoms with Crippen molar-refractivity contribution in [1.82, 2.24) is 0 Å². The zero-order valence-corrected chi connectivity index (χ0v) is 14.5. The van der Waals surface area contributed by atoms with Crippen LogP contribution in [-0.4, -0.2) is 24.8 Å². The van der Waals surface area contributed by atoms with E-state index >= 15 is 0 Å². The number of hydrogen-bond acceptors (Lipinski definition) is 5. The van der Waals surface area contributed by atoms with Gasteiger partial charge in [0, 0.05) is 6.08 Å². The van der Waals surface area contributed by atoms with Crippen molar-refractivity contribution in [3.63, 3.8) is 0 Å². The Morgan fingerprint density at radius 2 is 2.16 bits per heavy atom. The summed E-state index contributed by atoms with van der Waals surface area (Å²) in [7, 11) is 1.51. The second-order valence-electron chi connectivity index (χ2n) is 6.43. The number of ketones is 1. The number of benzene rings is 1. The van der Waals surface area contributed by atoms with Gasteiger partial charge in [-0.05, 0) is 42.5 Å². The van der Waals surface area contributed by atoms with Crippen LogP contribution in [0, 0.1) is 11.3 Å². The molecule has 0 aromatic heterocycles. The van der Waals surface area contributed by atoms with Gasteiger partial charge in [-0.3, -0.25) is 4.79 Å². The molecule has 0 saturated carbocycles. The van der Waals surface area contributed by atoms with Crippen LogP contribution < -0.4 is 4.74 Å². The van der Waals surface area contributed by atoms with E-state index in [1.54, 1.807) is 18.2 Å². The number of phenolic OH excluding ortho intramolecular Hbond substituents is 1. The number of aromatic hydroxyl groups is 1. The Labute approximate surface area is 147 Å². The minimum atomic E-state index is -0.723. The molecule has 132 valence electrons. The number of hydrogen-bond donors (Lipinski definition) is 1. The summed E-state index contributed by atoms with van der Waals surface area (Å²) in [6.45, 7) is 5.99. The predicted octanol–water partition coefficient (Wildman–Crippen LogP) is 3.50. The fourth-order valence-corrected chi connectivity index (χ4v) is 3.45. The second kappa shape index (κ2) is 6.67. The third-order valence-corrected chi connectivity index (χ3v) is 4.93. The van der Waals surface area contributed by atoms with Crippen LogP contribution in [0.15, 0.2) is 54.5 Å². The average Bonchev–Trinajstić information content (AvgIpc) is 3.03. The average molecular weight is 342 g/mol. The van der Waals surface area contributed by atoms with E-state index in [0.717, 1.165) is 5.56 Å². The van der Waals surface area contributed by atoms with Crippen LogP contribution >= 0.6 is 0 Å². The molecule has 1 N–H and O–H groups in total. The van der Waals surface area contributed by atoms with Crippen LogP contribution in [0.1, 0.15) is 18.9 Å². The van der Waals surface area contributed by atoms with Crippen molar-refractivity contribution < 1.29 is 24.1 Å². The zero-order chi connectivity index (χ0) is 18.0. The van der Waals surface area contributed by atoms with Crippen molar-refractivity contribution in [2.75, 3.05) is 13.9 Å². The number of methoxy groups -OCH3 is 1. The molecule has 0 bridgehead atoms. The van der Waals surface area contributed by atoms with E-state index in [1.807, 2.05) is 19.1 Å². The maximum Gasteiger partial charge on any atom is 0.231 e. The molecule has 1 fully saturated rings. The van der Waals surface area contributed by atoms with Crippen molar-refractivity contribution in [2.24, 2.45) is 11.3 Å². The summed E-state index contributed by atoms with van der Waals surface area (Å²) in [6, 6.07) is 5.24. The van der Waals surface area contributed by atoms with Gasteiger partial charge in [0.05, 0.1) is 12.5 Å². The largest absolute Gasteiger partial charge is 0.504 e. The van der Waals surface area contributed by atoms with Crippen molar-refractivity contribution in [3.8, 4) is 11.5 Å². The van der Waals surface area contributed by atoms with Crippen LogP contribution in [0.3, 0.4) is 0 Å². The van der Waals surface area contributed by atoms with Gasteiger partial charge in [-0.15, -0.1) is 6.58 Å². The summed E-state index contributed by atoms with van der Waals surface area (Å²) >= 11 is 0. The Kier molecular flexibility index (Phi) is 4.57. The van der Waals surface area contributed by atoms with Crippen molar-refractivity contribution in [3.05, 3.63) is 60.1 Å². The Hall–Kier alpha value is -2.69. The molecule has 2 aliphatic rings. The monoisotopic (exact) mass is 342 g/mol. The molecule has 2 atom stereocenters. The standard InChI is InChI=1S/C20H22O5/c1-4-7-20(11-18-17(10-19(20)22)24-12-25-18)13(2)8-14-5-6-15(21)16(9-14)23-3/h4-6,9-11,13,21H,1,7-8,12H2,2-3H3. The molecule has 1 heterocycles. The highest BCUT2D eigenvalue weighted by Crippen LogP contribution is 2.44. The Bertz CT molecular complexity index is 761. The fourth-order valence-electron chi connectivity index (χ4n) is 3.45. The Morgan fingerprint density at radius 1 is 1.40 bits per heavy atom. The first-order chi connectivity index (χ1) is 12.0. The van der Waals surface area contributed by atoms with Gasteiger partial charge >= 0.3 is 0 Å². The minimum Gasteiger partial charge on any atom is -0.504 e. The van der Waals surface area contributed by atoms with Gasteiger partial charge in [-0.25, -0.2) is 0 Å². The number of fused-ring (bicyclic) bond motifs is 1. The number of rotatable bonds is 6. The smallest absolute Gasteiger partial charge is 0.231 e. The Balaban J connectivity index is 1.92. The van der Waals surface area contributed by atoms with Gasteiger partial charge in [0.25, 0.3) is 0 Å². The third-order valence-electron chi connectivity index (χ3n) is 4.93. The van der Waals surface area contributed by atoms with E-state index in [4.69, 9.17) is 14.2 Å². The first-order valence-corrected chi connectivity index (χ1v) is 8.22. The summed E-state index contributed by atoms with van der Waals surface area (Å²) in [5.41, 5.74) is 0.259. The molecule has 2 unspecified atom stereocenters. The highest BCUT2D eigenvalue weighted by Gasteiger charge is 2.44. The molecule has 1 aliphatic heterocycles. The van der Waals surface area contributed by atoms with Crippen molar-refractivity contribution in [2.45, 2.75) is 19.8 Å². The first kappa shape index (κ1) is 17.1. The maximum atomic E-state index is 12.9. The molecule has 1 aromatic rings. The molecule has 0 amide bonds. The highest BCUT2D eigenvalue weighted by atomic mass is 16.7. The van der Waals surface area contributed by atoms with Crippen molar-refractivity contribution in [1.29, 1.82) is 0 Å². The van der Waals surface area contributed by atoms with E-state index in [1.165, 1.54) is 13.2 Å². The molecule has 5 nitrogen and oxygen atoms in total. The summed E-state index contributed by atoms with van der Waals surface area (Å²) in [4.78, 5) is 12.9. The Morgan fingerprint density at radius 3 is 2.88 bits per heavy atom. The van der Waals surface area contributed by atoms with E-state index in [0.29, 0.717) is 30.1 Å². The molecule has 1 aromatic carbocycles. The quantitative estimate of drug-likeness (QED) is 0.802. The number of carbonyl (C=O) groups is 1. The first-order valence-electron chi connectivity index (χ1n) is 8.22. The summed E-state index contributed by atoms with van der Waals surface area (Å²) in [5, 5.41) is 9.76. The van der Waals surface area contributed by atoms with E-state index in [-0.39, 0.29) is 24.2 Å². The van der Waals surface area contributed by atoms with Crippen LogP contribution in [-0.2, 0) is 20.7 Å². The number of allylic oxidation sites excluding steroid dienone is 3. The van der Waals surface area contributed by atoms with Crippen LogP contribution in [0.5, 0.6) is 11.5 Å². The molecular weight excluding hydrogens is 320 g/mol. The SMILES string of the molecule is C=CCC1(C(C)Cc2ccc(O)c(OC)c2)C=C2OCOC2=CC1=O. The normalized spacial score (nSPS) is 22.9. The van der Waals surface area contributed by atoms with Crippen LogP contribution in [0.2, 0.25) is 0 Å². The fraction of sp³-hybridized carbons (Fsp3) is 0.350. The lowest BCUT2D eigenvalue weighted by Gasteiger charge is -2.35. The van der Waals surface area contributed by atoms with E-state index in [9.17, 15) is 9.90 Å². The molecular formula is C20H22O5. The summed E-state index contributed by atoms with van der Waals surface area (Å²) < 4.78 is 16.0. The van der Waals surface area contributed by atoms with E-state index < -0.39 is 5.41 Å². The maximum absolute atomic E-state index is 12.9. The lowest BCUT2D eigenvalue weighted by Crippen LogP contribution is -2.38. The van der Waals surface area contributed by atoms with Gasteiger partial charge in [-0.2, -0.15) is 0 Å². The van der Waals surface area contributed by atoms with Gasteiger partial charge in [0.1, 0.15) is 0 Å². The van der Waals surface area contributed by atoms with Crippen LogP contribution in [0.25, 0.3) is 0 Å². The lowest BCUT2D eigenvalue weighted by atomic mass is 9.66. The predicted molar refractivity (Wildman–Crippen MR) is 93.0 cm³/mol. The molecule has 0 radical (unpaired) electrons. The number of ether oxygens (including phenoxy) is 3. The molecule has 25 heavy (non-hydrogen) atoms. The van der Waals surface area contributed by atoms with E-state index in [2.05, 4.69) is 6.58 Å². The molecule has 3 rings (SSSR count). The molecule has 5 heteroatoms.